The average molecular weight is 206 g/mol. The molecule has 0 aromatic heterocycles. The third-order valence-corrected chi connectivity index (χ3v) is 2.16. The first-order chi connectivity index (χ1) is 6.76. The Morgan fingerprint density at radius 3 is 2.14 bits per heavy atom. The molecule has 1 atom stereocenters. The lowest BCUT2D eigenvalue weighted by atomic mass is 10.2. The van der Waals surface area contributed by atoms with E-state index in [1.807, 2.05) is 0 Å². The highest BCUT2D eigenvalue weighted by molar-refractivity contribution is 4.55. The van der Waals surface area contributed by atoms with Crippen molar-refractivity contribution in [3.8, 4) is 0 Å². The maximum Gasteiger partial charge on any atom is 0.414 e. The molecular weight excluding hydrogens is 188 g/mol. The summed E-state index contributed by atoms with van der Waals surface area (Å²) >= 11 is 0. The highest BCUT2D eigenvalue weighted by Gasteiger charge is 2.36. The Hall–Kier alpha value is -0.200. The van der Waals surface area contributed by atoms with Crippen molar-refractivity contribution < 1.29 is 23.7 Å². The molecular formula is C9H18O5. The van der Waals surface area contributed by atoms with E-state index in [1.54, 1.807) is 0 Å². The number of methoxy groups -OCH3 is 3. The van der Waals surface area contributed by atoms with Crippen LogP contribution < -0.4 is 0 Å². The van der Waals surface area contributed by atoms with Crippen LogP contribution >= 0.6 is 0 Å². The first-order valence-corrected chi connectivity index (χ1v) is 4.71. The van der Waals surface area contributed by atoms with E-state index >= 15 is 0 Å². The molecule has 0 N–H and O–H groups in total. The molecule has 1 rings (SSSR count). The fourth-order valence-corrected chi connectivity index (χ4v) is 1.36. The molecule has 5 heteroatoms. The number of ether oxygens (including phenoxy) is 5. The van der Waals surface area contributed by atoms with Crippen molar-refractivity contribution in [2.24, 2.45) is 0 Å². The van der Waals surface area contributed by atoms with Gasteiger partial charge in [-0.1, -0.05) is 0 Å². The van der Waals surface area contributed by atoms with Gasteiger partial charge in [0.25, 0.3) is 0 Å². The van der Waals surface area contributed by atoms with Crippen molar-refractivity contribution in [3.63, 3.8) is 0 Å². The number of hydrogen-bond acceptors (Lipinski definition) is 5. The Labute approximate surface area is 84.2 Å². The van der Waals surface area contributed by atoms with Gasteiger partial charge in [-0.15, -0.1) is 0 Å². The second-order valence-corrected chi connectivity index (χ2v) is 3.03. The van der Waals surface area contributed by atoms with Gasteiger partial charge in [0.15, 0.2) is 6.29 Å². The largest absolute Gasteiger partial charge is 0.414 e. The van der Waals surface area contributed by atoms with Crippen LogP contribution in [0.25, 0.3) is 0 Å². The van der Waals surface area contributed by atoms with Crippen LogP contribution in [-0.2, 0) is 23.7 Å². The Kier molecular flexibility index (Phi) is 4.77. The van der Waals surface area contributed by atoms with Crippen LogP contribution in [0.2, 0.25) is 0 Å². The first-order valence-electron chi connectivity index (χ1n) is 4.71. The molecule has 1 unspecified atom stereocenters. The third-order valence-electron chi connectivity index (χ3n) is 2.16. The summed E-state index contributed by atoms with van der Waals surface area (Å²) < 4.78 is 25.8. The minimum atomic E-state index is -1.44. The molecule has 84 valence electrons. The molecule has 0 radical (unpaired) electrons. The Balaban J connectivity index is 2.44. The van der Waals surface area contributed by atoms with Crippen LogP contribution in [0.3, 0.4) is 0 Å². The van der Waals surface area contributed by atoms with Crippen molar-refractivity contribution in [2.45, 2.75) is 31.7 Å². The molecule has 14 heavy (non-hydrogen) atoms. The average Bonchev–Trinajstić information content (AvgIpc) is 2.28. The van der Waals surface area contributed by atoms with Gasteiger partial charge >= 0.3 is 6.16 Å². The van der Waals surface area contributed by atoms with Gasteiger partial charge in [0.1, 0.15) is 0 Å². The predicted molar refractivity (Wildman–Crippen MR) is 48.4 cm³/mol. The number of rotatable bonds is 5. The van der Waals surface area contributed by atoms with Gasteiger partial charge in [-0.05, 0) is 19.3 Å². The Morgan fingerprint density at radius 2 is 1.71 bits per heavy atom. The van der Waals surface area contributed by atoms with Crippen LogP contribution in [-0.4, -0.2) is 40.4 Å². The van der Waals surface area contributed by atoms with Crippen molar-refractivity contribution in [3.05, 3.63) is 0 Å². The molecule has 0 aromatic rings. The van der Waals surface area contributed by atoms with E-state index in [9.17, 15) is 0 Å². The third kappa shape index (κ3) is 2.90. The van der Waals surface area contributed by atoms with Crippen LogP contribution in [0.15, 0.2) is 0 Å². The summed E-state index contributed by atoms with van der Waals surface area (Å²) in [6.45, 7) is 0.706. The molecule has 5 nitrogen and oxygen atoms in total. The molecule has 1 fully saturated rings. The minimum absolute atomic E-state index is 0.316. The lowest BCUT2D eigenvalue weighted by Gasteiger charge is -2.33. The zero-order valence-electron chi connectivity index (χ0n) is 8.95. The van der Waals surface area contributed by atoms with Gasteiger partial charge in [0.2, 0.25) is 0 Å². The summed E-state index contributed by atoms with van der Waals surface area (Å²) in [5.41, 5.74) is 0. The smallest absolute Gasteiger partial charge is 0.352 e. The molecule has 1 saturated heterocycles. The molecule has 0 amide bonds. The zero-order valence-corrected chi connectivity index (χ0v) is 8.95. The molecule has 0 aromatic carbocycles. The molecule has 0 saturated carbocycles. The first kappa shape index (κ1) is 11.9. The summed E-state index contributed by atoms with van der Waals surface area (Å²) in [5.74, 6) is 0. The lowest BCUT2D eigenvalue weighted by molar-refractivity contribution is -0.507. The fraction of sp³-hybridized carbons (Fsp3) is 1.00. The van der Waals surface area contributed by atoms with Gasteiger partial charge in [-0.2, -0.15) is 0 Å². The SMILES string of the molecule is COC(OC)(OC)OC1CCCCO1. The fourth-order valence-electron chi connectivity index (χ4n) is 1.36. The normalized spacial score (nSPS) is 23.8. The van der Waals surface area contributed by atoms with Gasteiger partial charge in [0.05, 0.1) is 0 Å². The van der Waals surface area contributed by atoms with Crippen molar-refractivity contribution in [1.82, 2.24) is 0 Å². The maximum atomic E-state index is 5.44. The monoisotopic (exact) mass is 206 g/mol. The van der Waals surface area contributed by atoms with Gasteiger partial charge < -0.3 is 18.9 Å². The molecule has 0 aliphatic carbocycles. The molecule has 0 spiro atoms. The Bertz CT molecular complexity index is 143. The second-order valence-electron chi connectivity index (χ2n) is 3.03. The molecule has 1 aliphatic rings. The summed E-state index contributed by atoms with van der Waals surface area (Å²) in [6.07, 6.45) is 1.22. The second kappa shape index (κ2) is 5.63. The van der Waals surface area contributed by atoms with Crippen molar-refractivity contribution >= 4 is 0 Å². The van der Waals surface area contributed by atoms with E-state index in [4.69, 9.17) is 23.7 Å². The Morgan fingerprint density at radius 1 is 1.07 bits per heavy atom. The van der Waals surface area contributed by atoms with E-state index in [0.717, 1.165) is 19.3 Å². The van der Waals surface area contributed by atoms with Crippen LogP contribution in [0, 0.1) is 0 Å². The van der Waals surface area contributed by atoms with Crippen molar-refractivity contribution in [1.29, 1.82) is 0 Å². The summed E-state index contributed by atoms with van der Waals surface area (Å²) in [6, 6.07) is 0. The standard InChI is InChI=1S/C9H18O5/c1-10-9(11-2,12-3)14-8-6-4-5-7-13-8/h8H,4-7H2,1-3H3. The van der Waals surface area contributed by atoms with E-state index in [-0.39, 0.29) is 6.29 Å². The van der Waals surface area contributed by atoms with E-state index in [2.05, 4.69) is 0 Å². The lowest BCUT2D eigenvalue weighted by Crippen LogP contribution is -2.43. The summed E-state index contributed by atoms with van der Waals surface area (Å²) in [7, 11) is 4.36. The topological polar surface area (TPSA) is 46.2 Å². The van der Waals surface area contributed by atoms with Gasteiger partial charge in [-0.25, -0.2) is 0 Å². The van der Waals surface area contributed by atoms with E-state index < -0.39 is 6.16 Å². The number of hydrogen-bond donors (Lipinski definition) is 0. The van der Waals surface area contributed by atoms with Crippen LogP contribution in [0.4, 0.5) is 0 Å². The minimum Gasteiger partial charge on any atom is -0.352 e. The van der Waals surface area contributed by atoms with Crippen LogP contribution in [0.5, 0.6) is 0 Å². The zero-order chi connectivity index (χ0) is 10.4. The molecule has 0 bridgehead atoms. The molecule has 1 aliphatic heterocycles. The van der Waals surface area contributed by atoms with E-state index in [0.29, 0.717) is 6.61 Å². The highest BCUT2D eigenvalue weighted by atomic mass is 17.0. The van der Waals surface area contributed by atoms with Crippen molar-refractivity contribution in [2.75, 3.05) is 27.9 Å². The highest BCUT2D eigenvalue weighted by Crippen LogP contribution is 2.22. The molecule has 1 heterocycles. The van der Waals surface area contributed by atoms with Crippen LogP contribution in [0.1, 0.15) is 19.3 Å². The summed E-state index contributed by atoms with van der Waals surface area (Å²) in [4.78, 5) is 0. The van der Waals surface area contributed by atoms with E-state index in [1.165, 1.54) is 21.3 Å². The maximum absolute atomic E-state index is 5.44. The van der Waals surface area contributed by atoms with Gasteiger partial charge in [-0.3, -0.25) is 4.74 Å². The quantitative estimate of drug-likeness (QED) is 0.630. The summed E-state index contributed by atoms with van der Waals surface area (Å²) in [5, 5.41) is 0. The predicted octanol–water partition coefficient (Wildman–Crippen LogP) is 1.08. The van der Waals surface area contributed by atoms with Gasteiger partial charge in [0, 0.05) is 27.9 Å².